The smallest absolute Gasteiger partial charge is 0.363 e. The molecule has 162 valence electrons. The van der Waals surface area contributed by atoms with Gasteiger partial charge in [0.25, 0.3) is 0 Å². The van der Waals surface area contributed by atoms with Crippen LogP contribution in [-0.2, 0) is 16.1 Å². The molecule has 0 saturated heterocycles. The van der Waals surface area contributed by atoms with Gasteiger partial charge in [0.2, 0.25) is 5.90 Å². The molecule has 3 aromatic rings. The fraction of sp³-hybridized carbons (Fsp3) is 0.120. The number of ether oxygens (including phenoxy) is 3. The molecule has 7 heteroatoms. The first-order chi connectivity index (χ1) is 15.4. The number of carbonyl (C=O) groups is 1. The van der Waals surface area contributed by atoms with E-state index in [1.807, 2.05) is 31.2 Å². The molecule has 0 aliphatic carbocycles. The van der Waals surface area contributed by atoms with E-state index in [9.17, 15) is 9.18 Å². The fourth-order valence-corrected chi connectivity index (χ4v) is 3.74. The van der Waals surface area contributed by atoms with Gasteiger partial charge in [-0.15, -0.1) is 0 Å². The van der Waals surface area contributed by atoms with Crippen molar-refractivity contribution in [3.8, 4) is 11.5 Å². The maximum atomic E-state index is 13.1. The predicted molar refractivity (Wildman–Crippen MR) is 123 cm³/mol. The number of aryl methyl sites for hydroxylation is 1. The van der Waals surface area contributed by atoms with E-state index in [0.29, 0.717) is 33.7 Å². The highest BCUT2D eigenvalue weighted by Crippen LogP contribution is 2.38. The molecule has 0 bridgehead atoms. The Morgan fingerprint density at radius 3 is 2.59 bits per heavy atom. The Morgan fingerprint density at radius 1 is 1.12 bits per heavy atom. The van der Waals surface area contributed by atoms with E-state index in [-0.39, 0.29) is 17.4 Å². The third-order valence-electron chi connectivity index (χ3n) is 4.90. The second-order valence-corrected chi connectivity index (χ2v) is 7.95. The number of rotatable bonds is 6. The minimum absolute atomic E-state index is 0.130. The zero-order valence-electron chi connectivity index (χ0n) is 17.4. The van der Waals surface area contributed by atoms with Crippen molar-refractivity contribution in [1.29, 1.82) is 0 Å². The van der Waals surface area contributed by atoms with Gasteiger partial charge in [0.05, 0.1) is 11.6 Å². The van der Waals surface area contributed by atoms with Gasteiger partial charge in [0.15, 0.2) is 17.2 Å². The Morgan fingerprint density at radius 2 is 1.88 bits per heavy atom. The first-order valence-electron chi connectivity index (χ1n) is 9.78. The number of hydrogen-bond donors (Lipinski definition) is 0. The van der Waals surface area contributed by atoms with Crippen LogP contribution in [0.2, 0.25) is 0 Å². The highest BCUT2D eigenvalue weighted by Gasteiger charge is 2.24. The van der Waals surface area contributed by atoms with Gasteiger partial charge in [0.1, 0.15) is 12.4 Å². The van der Waals surface area contributed by atoms with Crippen LogP contribution >= 0.6 is 15.9 Å². The number of carbonyl (C=O) groups excluding carboxylic acids is 1. The van der Waals surface area contributed by atoms with Gasteiger partial charge in [-0.1, -0.05) is 24.3 Å². The van der Waals surface area contributed by atoms with Crippen molar-refractivity contribution in [3.63, 3.8) is 0 Å². The zero-order chi connectivity index (χ0) is 22.7. The summed E-state index contributed by atoms with van der Waals surface area (Å²) in [6.45, 7) is 2.42. The fourth-order valence-electron chi connectivity index (χ4n) is 3.17. The Kier molecular flexibility index (Phi) is 6.37. The number of methoxy groups -OCH3 is 1. The van der Waals surface area contributed by atoms with E-state index in [4.69, 9.17) is 14.2 Å². The highest BCUT2D eigenvalue weighted by atomic mass is 79.9. The molecular formula is C25H19BrFNO4. The number of nitrogens with zero attached hydrogens (tertiary/aromatic N) is 1. The molecular weight excluding hydrogens is 477 g/mol. The van der Waals surface area contributed by atoms with Crippen molar-refractivity contribution >= 4 is 33.9 Å². The minimum Gasteiger partial charge on any atom is -0.493 e. The summed E-state index contributed by atoms with van der Waals surface area (Å²) in [5.41, 5.74) is 3.53. The predicted octanol–water partition coefficient (Wildman–Crippen LogP) is 5.83. The van der Waals surface area contributed by atoms with Gasteiger partial charge in [0, 0.05) is 5.56 Å². The van der Waals surface area contributed by atoms with Gasteiger partial charge in [-0.25, -0.2) is 14.2 Å². The van der Waals surface area contributed by atoms with Crippen LogP contribution in [-0.4, -0.2) is 19.0 Å². The van der Waals surface area contributed by atoms with Crippen LogP contribution in [0.4, 0.5) is 4.39 Å². The van der Waals surface area contributed by atoms with Crippen LogP contribution in [0.15, 0.2) is 75.8 Å². The van der Waals surface area contributed by atoms with E-state index >= 15 is 0 Å². The zero-order valence-corrected chi connectivity index (χ0v) is 19.0. The molecule has 3 aromatic carbocycles. The molecule has 0 fully saturated rings. The maximum absolute atomic E-state index is 13.1. The third kappa shape index (κ3) is 4.73. The lowest BCUT2D eigenvalue weighted by molar-refractivity contribution is -0.129. The van der Waals surface area contributed by atoms with Crippen LogP contribution < -0.4 is 9.47 Å². The highest BCUT2D eigenvalue weighted by molar-refractivity contribution is 9.10. The van der Waals surface area contributed by atoms with Crippen LogP contribution in [0, 0.1) is 12.7 Å². The van der Waals surface area contributed by atoms with Crippen LogP contribution in [0.5, 0.6) is 11.5 Å². The topological polar surface area (TPSA) is 57.1 Å². The summed E-state index contributed by atoms with van der Waals surface area (Å²) in [4.78, 5) is 16.5. The van der Waals surface area contributed by atoms with Gasteiger partial charge >= 0.3 is 5.97 Å². The quantitative estimate of drug-likeness (QED) is 0.319. The van der Waals surface area contributed by atoms with Crippen molar-refractivity contribution < 1.29 is 23.4 Å². The molecule has 0 aromatic heterocycles. The molecule has 1 aliphatic heterocycles. The molecule has 0 spiro atoms. The Bertz CT molecular complexity index is 1240. The molecule has 4 rings (SSSR count). The first-order valence-corrected chi connectivity index (χ1v) is 10.6. The Balaban J connectivity index is 1.59. The molecule has 5 nitrogen and oxygen atoms in total. The summed E-state index contributed by atoms with van der Waals surface area (Å²) in [6.07, 6.45) is 1.59. The molecule has 0 unspecified atom stereocenters. The van der Waals surface area contributed by atoms with Crippen molar-refractivity contribution in [2.24, 2.45) is 4.99 Å². The van der Waals surface area contributed by atoms with Crippen molar-refractivity contribution in [3.05, 3.63) is 98.9 Å². The van der Waals surface area contributed by atoms with Crippen LogP contribution in [0.25, 0.3) is 6.08 Å². The third-order valence-corrected chi connectivity index (χ3v) is 5.49. The molecule has 1 heterocycles. The summed E-state index contributed by atoms with van der Waals surface area (Å²) in [7, 11) is 1.55. The second-order valence-electron chi connectivity index (χ2n) is 7.09. The average molecular weight is 496 g/mol. The number of aliphatic imine (C=N–C) groups is 1. The van der Waals surface area contributed by atoms with Crippen molar-refractivity contribution in [2.45, 2.75) is 13.5 Å². The number of halogens is 2. The Labute approximate surface area is 193 Å². The van der Waals surface area contributed by atoms with Gasteiger partial charge < -0.3 is 14.2 Å². The van der Waals surface area contributed by atoms with E-state index in [0.717, 1.165) is 11.1 Å². The molecule has 0 radical (unpaired) electrons. The lowest BCUT2D eigenvalue weighted by Gasteiger charge is -2.14. The molecule has 0 amide bonds. The standard InChI is InChI=1S/C25H19BrFNO4/c1-15-5-3-4-6-18(15)14-31-23-20(26)11-16(13-22(23)30-2)12-21-25(29)32-24(28-21)17-7-9-19(27)10-8-17/h3-13H,14H2,1-2H3. The van der Waals surface area contributed by atoms with Crippen LogP contribution in [0.3, 0.4) is 0 Å². The number of cyclic esters (lactones) is 1. The normalized spacial score (nSPS) is 14.3. The second kappa shape index (κ2) is 9.36. The minimum atomic E-state index is -0.584. The Hall–Kier alpha value is -3.45. The summed E-state index contributed by atoms with van der Waals surface area (Å²) in [5, 5.41) is 0. The van der Waals surface area contributed by atoms with E-state index in [1.54, 1.807) is 25.3 Å². The van der Waals surface area contributed by atoms with Gasteiger partial charge in [-0.3, -0.25) is 0 Å². The van der Waals surface area contributed by atoms with Crippen molar-refractivity contribution in [1.82, 2.24) is 0 Å². The molecule has 0 atom stereocenters. The van der Waals surface area contributed by atoms with E-state index < -0.39 is 5.97 Å². The molecule has 0 N–H and O–H groups in total. The summed E-state index contributed by atoms with van der Waals surface area (Å²) in [6, 6.07) is 17.1. The average Bonchev–Trinajstić information content (AvgIpc) is 3.14. The number of hydrogen-bond acceptors (Lipinski definition) is 5. The monoisotopic (exact) mass is 495 g/mol. The van der Waals surface area contributed by atoms with E-state index in [2.05, 4.69) is 20.9 Å². The van der Waals surface area contributed by atoms with Crippen LogP contribution in [0.1, 0.15) is 22.3 Å². The lowest BCUT2D eigenvalue weighted by atomic mass is 10.1. The number of esters is 1. The van der Waals surface area contributed by atoms with Crippen molar-refractivity contribution in [2.75, 3.05) is 7.11 Å². The van der Waals surface area contributed by atoms with Gasteiger partial charge in [-0.2, -0.15) is 0 Å². The lowest BCUT2D eigenvalue weighted by Crippen LogP contribution is -2.05. The summed E-state index contributed by atoms with van der Waals surface area (Å²) >= 11 is 3.53. The molecule has 32 heavy (non-hydrogen) atoms. The first kappa shape index (κ1) is 21.8. The SMILES string of the molecule is COc1cc(C=C2N=C(c3ccc(F)cc3)OC2=O)cc(Br)c1OCc1ccccc1C. The molecule has 1 aliphatic rings. The largest absolute Gasteiger partial charge is 0.493 e. The molecule has 0 saturated carbocycles. The summed E-state index contributed by atoms with van der Waals surface area (Å²) in [5.74, 6) is 0.234. The van der Waals surface area contributed by atoms with E-state index in [1.165, 1.54) is 24.3 Å². The number of benzene rings is 3. The summed E-state index contributed by atoms with van der Waals surface area (Å²) < 4.78 is 30.6. The van der Waals surface area contributed by atoms with Gasteiger partial charge in [-0.05, 0) is 82.0 Å². The maximum Gasteiger partial charge on any atom is 0.363 e.